The van der Waals surface area contributed by atoms with E-state index >= 15 is 0 Å². The van der Waals surface area contributed by atoms with Gasteiger partial charge in [0.2, 0.25) is 0 Å². The molecule has 1 saturated heterocycles. The first kappa shape index (κ1) is 8.97. The van der Waals surface area contributed by atoms with Gasteiger partial charge < -0.3 is 15.7 Å². The van der Waals surface area contributed by atoms with Crippen molar-refractivity contribution in [3.05, 3.63) is 0 Å². The predicted octanol–water partition coefficient (Wildman–Crippen LogP) is -0.351. The van der Waals surface area contributed by atoms with Crippen LogP contribution >= 0.6 is 0 Å². The van der Waals surface area contributed by atoms with Crippen LogP contribution in [0.25, 0.3) is 0 Å². The quantitative estimate of drug-likeness (QED) is 0.577. The van der Waals surface area contributed by atoms with Crippen molar-refractivity contribution >= 4 is 0 Å². The first-order valence-electron chi connectivity index (χ1n) is 4.22. The summed E-state index contributed by atoms with van der Waals surface area (Å²) in [5, 5.41) is 9.15. The number of hydrogen-bond donors (Lipinski definition) is 2. The minimum Gasteiger partial charge on any atom is -0.396 e. The maximum atomic E-state index is 9.15. The molecule has 1 aliphatic heterocycles. The average molecular weight is 158 g/mol. The van der Waals surface area contributed by atoms with Crippen LogP contribution in [0.2, 0.25) is 0 Å². The molecule has 1 fully saturated rings. The highest BCUT2D eigenvalue weighted by Gasteiger charge is 2.31. The van der Waals surface area contributed by atoms with Crippen LogP contribution in [0.15, 0.2) is 0 Å². The van der Waals surface area contributed by atoms with Crippen molar-refractivity contribution in [1.29, 1.82) is 0 Å². The van der Waals surface area contributed by atoms with E-state index in [2.05, 4.69) is 11.9 Å². The highest BCUT2D eigenvalue weighted by molar-refractivity contribution is 4.86. The summed E-state index contributed by atoms with van der Waals surface area (Å²) in [6, 6.07) is 0. The number of aliphatic hydroxyl groups is 1. The molecule has 0 saturated carbocycles. The Bertz CT molecular complexity index is 123. The Morgan fingerprint density at radius 2 is 2.36 bits per heavy atom. The minimum atomic E-state index is -0.00694. The largest absolute Gasteiger partial charge is 0.396 e. The number of nitrogens with zero attached hydrogens (tertiary/aromatic N) is 1. The van der Waals surface area contributed by atoms with Gasteiger partial charge in [0.05, 0.1) is 6.61 Å². The fourth-order valence-corrected chi connectivity index (χ4v) is 1.81. The summed E-state index contributed by atoms with van der Waals surface area (Å²) in [6.07, 6.45) is 2.23. The molecule has 11 heavy (non-hydrogen) atoms. The molecule has 3 heteroatoms. The lowest BCUT2D eigenvalue weighted by Crippen LogP contribution is -2.47. The minimum absolute atomic E-state index is 0.00694. The zero-order valence-corrected chi connectivity index (χ0v) is 7.21. The molecule has 1 heterocycles. The topological polar surface area (TPSA) is 49.5 Å². The van der Waals surface area contributed by atoms with Crippen molar-refractivity contribution in [1.82, 2.24) is 4.90 Å². The maximum Gasteiger partial charge on any atom is 0.0511 e. The van der Waals surface area contributed by atoms with E-state index in [0.717, 1.165) is 25.9 Å². The molecule has 0 bridgehead atoms. The molecule has 3 nitrogen and oxygen atoms in total. The number of aliphatic hydroxyl groups excluding tert-OH is 1. The van der Waals surface area contributed by atoms with Crippen molar-refractivity contribution in [2.75, 3.05) is 33.3 Å². The number of nitrogens with two attached hydrogens (primary N) is 1. The SMILES string of the molecule is CN1CCCC(CN)(CO)C1. The summed E-state index contributed by atoms with van der Waals surface area (Å²) < 4.78 is 0. The first-order valence-corrected chi connectivity index (χ1v) is 4.22. The standard InChI is InChI=1S/C8H18N2O/c1-10-4-2-3-8(5-9,6-10)7-11/h11H,2-7,9H2,1H3. The Morgan fingerprint density at radius 3 is 2.73 bits per heavy atom. The van der Waals surface area contributed by atoms with E-state index in [0.29, 0.717) is 6.54 Å². The smallest absolute Gasteiger partial charge is 0.0511 e. The predicted molar refractivity (Wildman–Crippen MR) is 45.3 cm³/mol. The first-order chi connectivity index (χ1) is 5.22. The van der Waals surface area contributed by atoms with Gasteiger partial charge in [-0.1, -0.05) is 0 Å². The third-order valence-electron chi connectivity index (χ3n) is 2.62. The maximum absolute atomic E-state index is 9.15. The van der Waals surface area contributed by atoms with Gasteiger partial charge in [0.15, 0.2) is 0 Å². The summed E-state index contributed by atoms with van der Waals surface area (Å²) in [7, 11) is 2.08. The third-order valence-corrected chi connectivity index (χ3v) is 2.62. The van der Waals surface area contributed by atoms with Crippen LogP contribution in [-0.2, 0) is 0 Å². The Kier molecular flexibility index (Phi) is 2.87. The lowest BCUT2D eigenvalue weighted by Gasteiger charge is -2.39. The highest BCUT2D eigenvalue weighted by atomic mass is 16.3. The van der Waals surface area contributed by atoms with Gasteiger partial charge in [-0.25, -0.2) is 0 Å². The van der Waals surface area contributed by atoms with E-state index in [1.165, 1.54) is 0 Å². The van der Waals surface area contributed by atoms with Crippen molar-refractivity contribution in [3.8, 4) is 0 Å². The molecule has 0 amide bonds. The number of likely N-dealkylation sites (tertiary alicyclic amines) is 1. The Labute approximate surface area is 68.2 Å². The fourth-order valence-electron chi connectivity index (χ4n) is 1.81. The number of rotatable bonds is 2. The molecular formula is C8H18N2O. The fraction of sp³-hybridized carbons (Fsp3) is 1.00. The molecule has 1 unspecified atom stereocenters. The second-order valence-corrected chi connectivity index (χ2v) is 3.70. The van der Waals surface area contributed by atoms with Crippen LogP contribution in [0.1, 0.15) is 12.8 Å². The van der Waals surface area contributed by atoms with Crippen LogP contribution in [-0.4, -0.2) is 43.3 Å². The van der Waals surface area contributed by atoms with Gasteiger partial charge in [-0.15, -0.1) is 0 Å². The lowest BCUT2D eigenvalue weighted by atomic mass is 9.81. The van der Waals surface area contributed by atoms with Crippen LogP contribution < -0.4 is 5.73 Å². The van der Waals surface area contributed by atoms with Gasteiger partial charge >= 0.3 is 0 Å². The molecule has 1 atom stereocenters. The van der Waals surface area contributed by atoms with Gasteiger partial charge in [0.1, 0.15) is 0 Å². The second-order valence-electron chi connectivity index (χ2n) is 3.70. The van der Waals surface area contributed by atoms with Gasteiger partial charge in [-0.2, -0.15) is 0 Å². The van der Waals surface area contributed by atoms with E-state index in [9.17, 15) is 0 Å². The van der Waals surface area contributed by atoms with Crippen molar-refractivity contribution in [3.63, 3.8) is 0 Å². The second kappa shape index (κ2) is 3.52. The summed E-state index contributed by atoms with van der Waals surface area (Å²) in [5.41, 5.74) is 5.62. The molecule has 0 aliphatic carbocycles. The van der Waals surface area contributed by atoms with E-state index in [-0.39, 0.29) is 12.0 Å². The normalized spacial score (nSPS) is 34.1. The van der Waals surface area contributed by atoms with Gasteiger partial charge in [-0.3, -0.25) is 0 Å². The summed E-state index contributed by atoms with van der Waals surface area (Å²) in [5.74, 6) is 0. The van der Waals surface area contributed by atoms with E-state index in [1.807, 2.05) is 0 Å². The van der Waals surface area contributed by atoms with Gasteiger partial charge in [-0.05, 0) is 26.4 Å². The van der Waals surface area contributed by atoms with Gasteiger partial charge in [0.25, 0.3) is 0 Å². The zero-order valence-electron chi connectivity index (χ0n) is 7.21. The monoisotopic (exact) mass is 158 g/mol. The average Bonchev–Trinajstić information content (AvgIpc) is 2.04. The molecule has 0 aromatic heterocycles. The summed E-state index contributed by atoms with van der Waals surface area (Å²) >= 11 is 0. The highest BCUT2D eigenvalue weighted by Crippen LogP contribution is 2.27. The zero-order chi connectivity index (χ0) is 8.32. The molecule has 0 spiro atoms. The number of hydrogen-bond acceptors (Lipinski definition) is 3. The molecular weight excluding hydrogens is 140 g/mol. The third kappa shape index (κ3) is 1.92. The Balaban J connectivity index is 2.52. The Hall–Kier alpha value is -0.120. The van der Waals surface area contributed by atoms with Crippen LogP contribution in [0, 0.1) is 5.41 Å². The van der Waals surface area contributed by atoms with E-state index in [1.54, 1.807) is 0 Å². The Morgan fingerprint density at radius 1 is 1.64 bits per heavy atom. The van der Waals surface area contributed by atoms with Gasteiger partial charge in [0, 0.05) is 18.5 Å². The summed E-state index contributed by atoms with van der Waals surface area (Å²) in [4.78, 5) is 2.24. The summed E-state index contributed by atoms with van der Waals surface area (Å²) in [6.45, 7) is 2.92. The molecule has 1 aliphatic rings. The van der Waals surface area contributed by atoms with Crippen LogP contribution in [0.5, 0.6) is 0 Å². The molecule has 1 rings (SSSR count). The molecule has 0 aromatic rings. The number of piperidine rings is 1. The molecule has 0 aromatic carbocycles. The van der Waals surface area contributed by atoms with Crippen LogP contribution in [0.3, 0.4) is 0 Å². The van der Waals surface area contributed by atoms with Crippen molar-refractivity contribution in [2.45, 2.75) is 12.8 Å². The molecule has 0 radical (unpaired) electrons. The molecule has 66 valence electrons. The molecule has 3 N–H and O–H groups in total. The lowest BCUT2D eigenvalue weighted by molar-refractivity contribution is 0.0509. The van der Waals surface area contributed by atoms with Crippen molar-refractivity contribution < 1.29 is 5.11 Å². The van der Waals surface area contributed by atoms with E-state index < -0.39 is 0 Å². The van der Waals surface area contributed by atoms with Crippen LogP contribution in [0.4, 0.5) is 0 Å². The van der Waals surface area contributed by atoms with E-state index in [4.69, 9.17) is 10.8 Å². The van der Waals surface area contributed by atoms with Crippen molar-refractivity contribution in [2.24, 2.45) is 11.1 Å².